The van der Waals surface area contributed by atoms with Crippen molar-refractivity contribution in [3.05, 3.63) is 59.1 Å². The molecule has 0 saturated carbocycles. The minimum atomic E-state index is 0.0226. The number of ether oxygens (including phenoxy) is 2. The van der Waals surface area contributed by atoms with Crippen molar-refractivity contribution in [2.24, 2.45) is 0 Å². The number of aromatic nitrogens is 1. The van der Waals surface area contributed by atoms with Crippen LogP contribution in [0.15, 0.2) is 48.5 Å². The van der Waals surface area contributed by atoms with E-state index in [0.29, 0.717) is 0 Å². The van der Waals surface area contributed by atoms with Gasteiger partial charge in [0.2, 0.25) is 12.7 Å². The minimum Gasteiger partial charge on any atom is -0.454 e. The fourth-order valence-electron chi connectivity index (χ4n) is 3.60. The second kappa shape index (κ2) is 6.70. The second-order valence-electron chi connectivity index (χ2n) is 6.66. The molecule has 0 aliphatic carbocycles. The topological polar surface area (TPSA) is 51.7 Å². The molecular formula is C21H18N2O3S. The zero-order chi connectivity index (χ0) is 18.2. The molecule has 1 atom stereocenters. The monoisotopic (exact) mass is 378 g/mol. The van der Waals surface area contributed by atoms with Crippen LogP contribution in [0, 0.1) is 0 Å². The summed E-state index contributed by atoms with van der Waals surface area (Å²) < 4.78 is 11.9. The third-order valence-corrected chi connectivity index (χ3v) is 6.08. The first-order chi connectivity index (χ1) is 13.3. The van der Waals surface area contributed by atoms with E-state index in [-0.39, 0.29) is 18.7 Å². The first-order valence-corrected chi connectivity index (χ1v) is 9.83. The lowest BCUT2D eigenvalue weighted by molar-refractivity contribution is -0.126. The number of carbonyl (C=O) groups excluding carboxylic acids is 1. The standard InChI is InChI=1S/C21H18N2O3S/c24-20(10-8-14-7-9-17-18(12-14)26-13-25-17)23-11-3-5-16(23)21-22-15-4-1-2-6-19(15)27-21/h1-2,4,6-10,12,16H,3,5,11,13H2/b10-8-/t16-/m0/s1. The number of thiazole rings is 1. The summed E-state index contributed by atoms with van der Waals surface area (Å²) in [6, 6.07) is 13.9. The number of fused-ring (bicyclic) bond motifs is 2. The number of para-hydroxylation sites is 1. The number of hydrogen-bond acceptors (Lipinski definition) is 5. The maximum atomic E-state index is 12.8. The highest BCUT2D eigenvalue weighted by atomic mass is 32.1. The van der Waals surface area contributed by atoms with E-state index in [0.717, 1.165) is 47.0 Å². The van der Waals surface area contributed by atoms with E-state index < -0.39 is 0 Å². The number of rotatable bonds is 3. The normalized spacial score (nSPS) is 18.7. The molecule has 2 aliphatic rings. The van der Waals surface area contributed by atoms with Crippen molar-refractivity contribution in [2.45, 2.75) is 18.9 Å². The molecular weight excluding hydrogens is 360 g/mol. The predicted molar refractivity (Wildman–Crippen MR) is 105 cm³/mol. The first kappa shape index (κ1) is 16.3. The molecule has 2 aliphatic heterocycles. The zero-order valence-electron chi connectivity index (χ0n) is 14.6. The van der Waals surface area contributed by atoms with Gasteiger partial charge < -0.3 is 14.4 Å². The molecule has 3 aromatic rings. The Labute approximate surface area is 160 Å². The highest BCUT2D eigenvalue weighted by Gasteiger charge is 2.31. The molecule has 1 aromatic heterocycles. The summed E-state index contributed by atoms with van der Waals surface area (Å²) in [5.41, 5.74) is 1.93. The first-order valence-electron chi connectivity index (χ1n) is 9.02. The molecule has 136 valence electrons. The van der Waals surface area contributed by atoms with Gasteiger partial charge in [-0.25, -0.2) is 4.98 Å². The van der Waals surface area contributed by atoms with Crippen molar-refractivity contribution in [3.63, 3.8) is 0 Å². The molecule has 1 saturated heterocycles. The molecule has 3 heterocycles. The predicted octanol–water partition coefficient (Wildman–Crippen LogP) is 4.40. The summed E-state index contributed by atoms with van der Waals surface area (Å²) in [5.74, 6) is 1.49. The number of hydrogen-bond donors (Lipinski definition) is 0. The van der Waals surface area contributed by atoms with Gasteiger partial charge in [0.05, 0.1) is 16.3 Å². The Morgan fingerprint density at radius 1 is 1.19 bits per heavy atom. The average molecular weight is 378 g/mol. The highest BCUT2D eigenvalue weighted by molar-refractivity contribution is 7.18. The lowest BCUT2D eigenvalue weighted by Crippen LogP contribution is -2.28. The highest BCUT2D eigenvalue weighted by Crippen LogP contribution is 2.37. The van der Waals surface area contributed by atoms with Gasteiger partial charge >= 0.3 is 0 Å². The molecule has 5 rings (SSSR count). The van der Waals surface area contributed by atoms with Crippen LogP contribution in [0.1, 0.15) is 29.5 Å². The van der Waals surface area contributed by atoms with Crippen LogP contribution in [0.5, 0.6) is 11.5 Å². The second-order valence-corrected chi connectivity index (χ2v) is 7.72. The molecule has 2 aromatic carbocycles. The van der Waals surface area contributed by atoms with Crippen molar-refractivity contribution in [2.75, 3.05) is 13.3 Å². The Bertz CT molecular complexity index is 1010. The Hall–Kier alpha value is -2.86. The average Bonchev–Trinajstić information content (AvgIpc) is 3.43. The van der Waals surface area contributed by atoms with E-state index in [1.807, 2.05) is 47.4 Å². The SMILES string of the molecule is O=C(/C=C\c1ccc2c(c1)OCO2)N1CCC[C@H]1c1nc2ccccc2s1. The van der Waals surface area contributed by atoms with Crippen molar-refractivity contribution >= 4 is 33.5 Å². The van der Waals surface area contributed by atoms with E-state index in [4.69, 9.17) is 14.5 Å². The third kappa shape index (κ3) is 3.06. The molecule has 27 heavy (non-hydrogen) atoms. The number of nitrogens with zero attached hydrogens (tertiary/aromatic N) is 2. The van der Waals surface area contributed by atoms with Crippen molar-refractivity contribution in [1.29, 1.82) is 0 Å². The zero-order valence-corrected chi connectivity index (χ0v) is 15.4. The van der Waals surface area contributed by atoms with Gasteiger partial charge in [-0.15, -0.1) is 11.3 Å². The van der Waals surface area contributed by atoms with Crippen LogP contribution in [0.3, 0.4) is 0 Å². The molecule has 0 radical (unpaired) electrons. The number of likely N-dealkylation sites (tertiary alicyclic amines) is 1. The van der Waals surface area contributed by atoms with Crippen LogP contribution >= 0.6 is 11.3 Å². The van der Waals surface area contributed by atoms with Crippen LogP contribution in [0.25, 0.3) is 16.3 Å². The summed E-state index contributed by atoms with van der Waals surface area (Å²) >= 11 is 1.68. The van der Waals surface area contributed by atoms with E-state index in [1.54, 1.807) is 17.4 Å². The van der Waals surface area contributed by atoms with Gasteiger partial charge in [-0.2, -0.15) is 0 Å². The molecule has 1 amide bonds. The Kier molecular flexibility index (Phi) is 4.05. The molecule has 0 bridgehead atoms. The summed E-state index contributed by atoms with van der Waals surface area (Å²) in [4.78, 5) is 19.5. The summed E-state index contributed by atoms with van der Waals surface area (Å²) in [6.45, 7) is 1.02. The number of carbonyl (C=O) groups is 1. The van der Waals surface area contributed by atoms with E-state index in [9.17, 15) is 4.79 Å². The van der Waals surface area contributed by atoms with Crippen LogP contribution < -0.4 is 9.47 Å². The van der Waals surface area contributed by atoms with Crippen molar-refractivity contribution in [1.82, 2.24) is 9.88 Å². The number of benzene rings is 2. The minimum absolute atomic E-state index is 0.0226. The van der Waals surface area contributed by atoms with E-state index in [1.165, 1.54) is 4.70 Å². The van der Waals surface area contributed by atoms with Gasteiger partial charge in [-0.3, -0.25) is 4.79 Å². The Morgan fingerprint density at radius 3 is 3.00 bits per heavy atom. The Morgan fingerprint density at radius 2 is 2.07 bits per heavy atom. The van der Waals surface area contributed by atoms with Crippen LogP contribution in [-0.2, 0) is 4.79 Å². The van der Waals surface area contributed by atoms with Gasteiger partial charge in [-0.1, -0.05) is 18.2 Å². The molecule has 0 N–H and O–H groups in total. The summed E-state index contributed by atoms with van der Waals surface area (Å²) in [5, 5.41) is 1.03. The van der Waals surface area contributed by atoms with Gasteiger partial charge in [0, 0.05) is 12.6 Å². The summed E-state index contributed by atoms with van der Waals surface area (Å²) in [6.07, 6.45) is 5.44. The van der Waals surface area contributed by atoms with Crippen molar-refractivity contribution < 1.29 is 14.3 Å². The van der Waals surface area contributed by atoms with Gasteiger partial charge in [-0.05, 0) is 48.7 Å². The van der Waals surface area contributed by atoms with Crippen LogP contribution in [-0.4, -0.2) is 29.1 Å². The Balaban J connectivity index is 1.35. The third-order valence-electron chi connectivity index (χ3n) is 4.95. The molecule has 0 unspecified atom stereocenters. The van der Waals surface area contributed by atoms with Gasteiger partial charge in [0.15, 0.2) is 11.5 Å². The number of amides is 1. The van der Waals surface area contributed by atoms with E-state index >= 15 is 0 Å². The quantitative estimate of drug-likeness (QED) is 0.634. The van der Waals surface area contributed by atoms with Gasteiger partial charge in [0.25, 0.3) is 0 Å². The lowest BCUT2D eigenvalue weighted by atomic mass is 10.2. The summed E-state index contributed by atoms with van der Waals surface area (Å²) in [7, 11) is 0. The maximum Gasteiger partial charge on any atom is 0.247 e. The van der Waals surface area contributed by atoms with Crippen LogP contribution in [0.2, 0.25) is 0 Å². The molecule has 0 spiro atoms. The van der Waals surface area contributed by atoms with Crippen LogP contribution in [0.4, 0.5) is 0 Å². The lowest BCUT2D eigenvalue weighted by Gasteiger charge is -2.21. The van der Waals surface area contributed by atoms with Gasteiger partial charge in [0.1, 0.15) is 5.01 Å². The largest absolute Gasteiger partial charge is 0.454 e. The maximum absolute atomic E-state index is 12.8. The fourth-order valence-corrected chi connectivity index (χ4v) is 4.72. The molecule has 6 heteroatoms. The van der Waals surface area contributed by atoms with E-state index in [2.05, 4.69) is 6.07 Å². The molecule has 5 nitrogen and oxygen atoms in total. The molecule has 1 fully saturated rings. The fraction of sp³-hybridized carbons (Fsp3) is 0.238. The van der Waals surface area contributed by atoms with Crippen molar-refractivity contribution in [3.8, 4) is 11.5 Å². The smallest absolute Gasteiger partial charge is 0.247 e.